The number of hydrogen-bond acceptors (Lipinski definition) is 2. The molecule has 0 radical (unpaired) electrons. The Hall–Kier alpha value is -0.440. The largest absolute Gasteiger partial charge is 0.486 e. The number of halogens is 2. The second kappa shape index (κ2) is 3.74. The minimum absolute atomic E-state index is 0.249. The quantitative estimate of drug-likeness (QED) is 0.822. The van der Waals surface area contributed by atoms with Crippen molar-refractivity contribution >= 4 is 23.2 Å². The summed E-state index contributed by atoms with van der Waals surface area (Å²) < 4.78 is 5.58. The lowest BCUT2D eigenvalue weighted by molar-refractivity contribution is 0.142. The van der Waals surface area contributed by atoms with Crippen molar-refractivity contribution in [1.29, 1.82) is 0 Å². The van der Waals surface area contributed by atoms with Gasteiger partial charge in [0.1, 0.15) is 11.9 Å². The normalized spacial score (nSPS) is 16.8. The van der Waals surface area contributed by atoms with E-state index >= 15 is 0 Å². The van der Waals surface area contributed by atoms with Crippen LogP contribution in [0.25, 0.3) is 0 Å². The van der Waals surface area contributed by atoms with Crippen molar-refractivity contribution < 1.29 is 4.74 Å². The molecule has 1 heterocycles. The third-order valence-electron chi connectivity index (χ3n) is 1.93. The van der Waals surface area contributed by atoms with Crippen molar-refractivity contribution in [3.8, 4) is 5.75 Å². The van der Waals surface area contributed by atoms with Gasteiger partial charge in [0.15, 0.2) is 0 Å². The van der Waals surface area contributed by atoms with Gasteiger partial charge in [-0.1, -0.05) is 23.2 Å². The topological polar surface area (TPSA) is 21.3 Å². The standard InChI is InChI=1S/C9H9Cl2NO/c10-6-1-2-9(8(11)3-6)13-7-4-12-5-7/h1-3,7,12H,4-5H2. The van der Waals surface area contributed by atoms with E-state index in [4.69, 9.17) is 27.9 Å². The molecule has 1 N–H and O–H groups in total. The highest BCUT2D eigenvalue weighted by atomic mass is 35.5. The lowest BCUT2D eigenvalue weighted by Crippen LogP contribution is -2.50. The summed E-state index contributed by atoms with van der Waals surface area (Å²) in [6, 6.07) is 5.25. The van der Waals surface area contributed by atoms with Crippen LogP contribution in [0.1, 0.15) is 0 Å². The molecule has 0 aliphatic carbocycles. The molecule has 2 rings (SSSR count). The number of nitrogens with one attached hydrogen (secondary N) is 1. The Labute approximate surface area is 86.8 Å². The second-order valence-electron chi connectivity index (χ2n) is 2.97. The molecule has 13 heavy (non-hydrogen) atoms. The smallest absolute Gasteiger partial charge is 0.138 e. The van der Waals surface area contributed by atoms with Crippen LogP contribution >= 0.6 is 23.2 Å². The number of ether oxygens (including phenoxy) is 1. The van der Waals surface area contributed by atoms with Gasteiger partial charge in [-0.2, -0.15) is 0 Å². The van der Waals surface area contributed by atoms with Crippen LogP contribution < -0.4 is 10.1 Å². The molecular weight excluding hydrogens is 209 g/mol. The van der Waals surface area contributed by atoms with Crippen molar-refractivity contribution in [2.75, 3.05) is 13.1 Å². The molecule has 0 spiro atoms. The number of hydrogen-bond donors (Lipinski definition) is 1. The van der Waals surface area contributed by atoms with Crippen LogP contribution in [0.2, 0.25) is 10.0 Å². The summed E-state index contributed by atoms with van der Waals surface area (Å²) in [6.45, 7) is 1.78. The highest BCUT2D eigenvalue weighted by Crippen LogP contribution is 2.28. The Bertz CT molecular complexity index is 312. The first-order valence-corrected chi connectivity index (χ1v) is 4.84. The van der Waals surface area contributed by atoms with E-state index in [1.54, 1.807) is 18.2 Å². The van der Waals surface area contributed by atoms with Gasteiger partial charge in [0, 0.05) is 18.1 Å². The molecule has 1 aliphatic heterocycles. The first kappa shape index (κ1) is 9.13. The van der Waals surface area contributed by atoms with Gasteiger partial charge in [-0.25, -0.2) is 0 Å². The van der Waals surface area contributed by atoms with E-state index in [0.717, 1.165) is 13.1 Å². The number of benzene rings is 1. The van der Waals surface area contributed by atoms with Gasteiger partial charge in [-0.15, -0.1) is 0 Å². The highest BCUT2D eigenvalue weighted by Gasteiger charge is 2.19. The van der Waals surface area contributed by atoms with Gasteiger partial charge < -0.3 is 10.1 Å². The highest BCUT2D eigenvalue weighted by molar-refractivity contribution is 6.35. The van der Waals surface area contributed by atoms with Crippen LogP contribution in [0.3, 0.4) is 0 Å². The maximum atomic E-state index is 5.92. The van der Waals surface area contributed by atoms with E-state index in [2.05, 4.69) is 5.32 Å². The molecule has 2 nitrogen and oxygen atoms in total. The van der Waals surface area contributed by atoms with Crippen LogP contribution in [-0.2, 0) is 0 Å². The van der Waals surface area contributed by atoms with Gasteiger partial charge in [0.25, 0.3) is 0 Å². The first-order chi connectivity index (χ1) is 6.25. The van der Waals surface area contributed by atoms with E-state index in [9.17, 15) is 0 Å². The van der Waals surface area contributed by atoms with Crippen LogP contribution in [0.4, 0.5) is 0 Å². The molecule has 1 aliphatic rings. The minimum Gasteiger partial charge on any atom is -0.486 e. The third-order valence-corrected chi connectivity index (χ3v) is 2.46. The molecular formula is C9H9Cl2NO. The Balaban J connectivity index is 2.10. The monoisotopic (exact) mass is 217 g/mol. The van der Waals surface area contributed by atoms with Gasteiger partial charge >= 0.3 is 0 Å². The first-order valence-electron chi connectivity index (χ1n) is 4.08. The molecule has 0 amide bonds. The maximum absolute atomic E-state index is 5.92. The van der Waals surface area contributed by atoms with E-state index in [0.29, 0.717) is 15.8 Å². The molecule has 1 aromatic carbocycles. The summed E-state index contributed by atoms with van der Waals surface area (Å²) in [5, 5.41) is 4.32. The minimum atomic E-state index is 0.249. The van der Waals surface area contributed by atoms with E-state index in [1.807, 2.05) is 0 Å². The van der Waals surface area contributed by atoms with Gasteiger partial charge in [-0.3, -0.25) is 0 Å². The van der Waals surface area contributed by atoms with Crippen LogP contribution in [0, 0.1) is 0 Å². The lowest BCUT2D eigenvalue weighted by atomic mass is 10.2. The van der Waals surface area contributed by atoms with Crippen LogP contribution in [0.15, 0.2) is 18.2 Å². The molecule has 1 saturated heterocycles. The fourth-order valence-corrected chi connectivity index (χ4v) is 1.55. The molecule has 0 unspecified atom stereocenters. The third kappa shape index (κ3) is 2.08. The van der Waals surface area contributed by atoms with Crippen molar-refractivity contribution in [2.24, 2.45) is 0 Å². The fourth-order valence-electron chi connectivity index (χ4n) is 1.10. The van der Waals surface area contributed by atoms with E-state index < -0.39 is 0 Å². The predicted molar refractivity (Wildman–Crippen MR) is 53.7 cm³/mol. The van der Waals surface area contributed by atoms with Gasteiger partial charge in [0.2, 0.25) is 0 Å². The average molecular weight is 218 g/mol. The molecule has 0 bridgehead atoms. The zero-order chi connectivity index (χ0) is 9.26. The summed E-state index contributed by atoms with van der Waals surface area (Å²) in [5.74, 6) is 0.706. The molecule has 0 saturated carbocycles. The van der Waals surface area contributed by atoms with Crippen molar-refractivity contribution in [2.45, 2.75) is 6.10 Å². The van der Waals surface area contributed by atoms with Gasteiger partial charge in [-0.05, 0) is 18.2 Å². The Morgan fingerprint density at radius 3 is 2.62 bits per heavy atom. The van der Waals surface area contributed by atoms with Crippen LogP contribution in [0.5, 0.6) is 5.75 Å². The summed E-state index contributed by atoms with van der Waals surface area (Å²) in [5.41, 5.74) is 0. The average Bonchev–Trinajstić information content (AvgIpc) is 1.99. The molecule has 70 valence electrons. The number of rotatable bonds is 2. The second-order valence-corrected chi connectivity index (χ2v) is 3.82. The van der Waals surface area contributed by atoms with Crippen molar-refractivity contribution in [3.05, 3.63) is 28.2 Å². The Kier molecular flexibility index (Phi) is 2.63. The fraction of sp³-hybridized carbons (Fsp3) is 0.333. The summed E-state index contributed by atoms with van der Waals surface area (Å²) in [7, 11) is 0. The SMILES string of the molecule is Clc1ccc(OC2CNC2)c(Cl)c1. The molecule has 1 fully saturated rings. The Morgan fingerprint density at radius 1 is 1.31 bits per heavy atom. The molecule has 0 atom stereocenters. The molecule has 4 heteroatoms. The van der Waals surface area contributed by atoms with Crippen molar-refractivity contribution in [3.63, 3.8) is 0 Å². The molecule has 0 aromatic heterocycles. The summed E-state index contributed by atoms with van der Waals surface area (Å²) >= 11 is 11.7. The zero-order valence-electron chi connectivity index (χ0n) is 6.89. The zero-order valence-corrected chi connectivity index (χ0v) is 8.40. The van der Waals surface area contributed by atoms with E-state index in [-0.39, 0.29) is 6.10 Å². The van der Waals surface area contributed by atoms with Crippen molar-refractivity contribution in [1.82, 2.24) is 5.32 Å². The summed E-state index contributed by atoms with van der Waals surface area (Å²) in [6.07, 6.45) is 0.249. The maximum Gasteiger partial charge on any atom is 0.138 e. The lowest BCUT2D eigenvalue weighted by Gasteiger charge is -2.28. The molecule has 1 aromatic rings. The predicted octanol–water partition coefficient (Wildman–Crippen LogP) is 2.34. The Morgan fingerprint density at radius 2 is 2.08 bits per heavy atom. The van der Waals surface area contributed by atoms with E-state index in [1.165, 1.54) is 0 Å². The summed E-state index contributed by atoms with van der Waals surface area (Å²) in [4.78, 5) is 0. The van der Waals surface area contributed by atoms with Crippen LogP contribution in [-0.4, -0.2) is 19.2 Å². The van der Waals surface area contributed by atoms with Gasteiger partial charge in [0.05, 0.1) is 5.02 Å².